The molecule has 0 aliphatic rings. The molecular weight excluding hydrogens is 230 g/mol. The summed E-state index contributed by atoms with van der Waals surface area (Å²) in [7, 11) is 0. The molecule has 3 rings (SSSR count). The molecule has 0 aliphatic carbocycles. The fourth-order valence-corrected chi connectivity index (χ4v) is 2.43. The van der Waals surface area contributed by atoms with Crippen LogP contribution >= 0.6 is 0 Å². The lowest BCUT2D eigenvalue weighted by atomic mass is 9.96. The first-order valence-corrected chi connectivity index (χ1v) is 6.28. The topological polar surface area (TPSA) is 23.8 Å². The monoisotopic (exact) mass is 243 g/mol. The molecule has 0 aromatic heterocycles. The molecule has 1 nitrogen and oxygen atoms in total. The van der Waals surface area contributed by atoms with Crippen LogP contribution in [0.1, 0.15) is 11.1 Å². The lowest BCUT2D eigenvalue weighted by molar-refractivity contribution is 1.39. The van der Waals surface area contributed by atoms with E-state index in [1.54, 1.807) is 0 Å². The van der Waals surface area contributed by atoms with Crippen molar-refractivity contribution in [3.05, 3.63) is 71.8 Å². The van der Waals surface area contributed by atoms with E-state index in [4.69, 9.17) is 5.26 Å². The van der Waals surface area contributed by atoms with Crippen LogP contribution in [-0.2, 0) is 0 Å². The van der Waals surface area contributed by atoms with Gasteiger partial charge in [-0.25, -0.2) is 0 Å². The summed E-state index contributed by atoms with van der Waals surface area (Å²) < 4.78 is 0. The van der Waals surface area contributed by atoms with Gasteiger partial charge >= 0.3 is 0 Å². The third-order valence-electron chi connectivity index (χ3n) is 3.45. The molecule has 0 aliphatic heterocycles. The van der Waals surface area contributed by atoms with Gasteiger partial charge in [-0.3, -0.25) is 0 Å². The fraction of sp³-hybridized carbons (Fsp3) is 0.0556. The van der Waals surface area contributed by atoms with E-state index in [0.717, 1.165) is 16.7 Å². The van der Waals surface area contributed by atoms with Crippen LogP contribution in [0.15, 0.2) is 60.7 Å². The van der Waals surface area contributed by atoms with Crippen molar-refractivity contribution < 1.29 is 0 Å². The van der Waals surface area contributed by atoms with Gasteiger partial charge in [-0.05, 0) is 40.5 Å². The highest BCUT2D eigenvalue weighted by Gasteiger charge is 2.05. The number of rotatable bonds is 1. The molecule has 3 aromatic carbocycles. The van der Waals surface area contributed by atoms with E-state index in [1.165, 1.54) is 16.3 Å². The van der Waals surface area contributed by atoms with E-state index in [-0.39, 0.29) is 0 Å². The van der Waals surface area contributed by atoms with Crippen molar-refractivity contribution in [3.8, 4) is 17.2 Å². The van der Waals surface area contributed by atoms with Gasteiger partial charge < -0.3 is 0 Å². The first-order chi connectivity index (χ1) is 9.29. The molecule has 0 radical (unpaired) electrons. The second-order valence-electron chi connectivity index (χ2n) is 4.67. The van der Waals surface area contributed by atoms with E-state index in [9.17, 15) is 0 Å². The largest absolute Gasteiger partial charge is 0.192 e. The molecule has 1 heteroatoms. The number of aryl methyl sites for hydroxylation is 1. The summed E-state index contributed by atoms with van der Waals surface area (Å²) in [6.45, 7) is 1.98. The maximum atomic E-state index is 9.00. The van der Waals surface area contributed by atoms with Crippen LogP contribution in [0, 0.1) is 18.3 Å². The number of hydrogen-bond acceptors (Lipinski definition) is 1. The van der Waals surface area contributed by atoms with Crippen LogP contribution in [0.2, 0.25) is 0 Å². The van der Waals surface area contributed by atoms with Gasteiger partial charge in [-0.2, -0.15) is 5.26 Å². The van der Waals surface area contributed by atoms with Crippen molar-refractivity contribution in [3.63, 3.8) is 0 Å². The Morgan fingerprint density at radius 1 is 0.895 bits per heavy atom. The minimum Gasteiger partial charge on any atom is -0.192 e. The molecule has 3 aromatic rings. The molecule has 19 heavy (non-hydrogen) atoms. The summed E-state index contributed by atoms with van der Waals surface area (Å²) in [4.78, 5) is 0. The molecular formula is C18H13N. The molecule has 0 bridgehead atoms. The van der Waals surface area contributed by atoms with Crippen LogP contribution in [0.5, 0.6) is 0 Å². The Kier molecular flexibility index (Phi) is 2.78. The molecule has 0 saturated heterocycles. The number of benzene rings is 3. The van der Waals surface area contributed by atoms with Crippen molar-refractivity contribution in [2.75, 3.05) is 0 Å². The zero-order chi connectivity index (χ0) is 13.2. The smallest absolute Gasteiger partial charge is 0.0994 e. The van der Waals surface area contributed by atoms with Gasteiger partial charge in [0.25, 0.3) is 0 Å². The Morgan fingerprint density at radius 3 is 2.47 bits per heavy atom. The van der Waals surface area contributed by atoms with Gasteiger partial charge in [0, 0.05) is 0 Å². The minimum atomic E-state index is 0.740. The summed E-state index contributed by atoms with van der Waals surface area (Å²) in [5.74, 6) is 0. The Bertz CT molecular complexity index is 789. The van der Waals surface area contributed by atoms with Gasteiger partial charge in [0.2, 0.25) is 0 Å². The number of fused-ring (bicyclic) bond motifs is 1. The molecule has 0 atom stereocenters. The van der Waals surface area contributed by atoms with Crippen LogP contribution in [0.4, 0.5) is 0 Å². The summed E-state index contributed by atoms with van der Waals surface area (Å²) in [6, 6.07) is 22.9. The summed E-state index contributed by atoms with van der Waals surface area (Å²) in [6.07, 6.45) is 0. The fourth-order valence-electron chi connectivity index (χ4n) is 2.43. The van der Waals surface area contributed by atoms with Crippen molar-refractivity contribution in [1.82, 2.24) is 0 Å². The Balaban J connectivity index is 2.25. The maximum Gasteiger partial charge on any atom is 0.0994 e. The van der Waals surface area contributed by atoms with Crippen LogP contribution in [0.25, 0.3) is 21.9 Å². The quantitative estimate of drug-likeness (QED) is 0.608. The second kappa shape index (κ2) is 4.59. The van der Waals surface area contributed by atoms with Gasteiger partial charge in [-0.15, -0.1) is 0 Å². The Hall–Kier alpha value is -2.59. The SMILES string of the molecule is Cc1cc(-c2cccc3ccccc23)ccc1C#N. The number of nitrogens with zero attached hydrogens (tertiary/aromatic N) is 1. The molecule has 0 unspecified atom stereocenters. The molecule has 0 saturated carbocycles. The van der Waals surface area contributed by atoms with Crippen LogP contribution < -0.4 is 0 Å². The molecule has 0 amide bonds. The summed E-state index contributed by atoms with van der Waals surface area (Å²) >= 11 is 0. The average Bonchev–Trinajstić information content (AvgIpc) is 2.46. The molecule has 0 fully saturated rings. The first kappa shape index (κ1) is 11.5. The standard InChI is InChI=1S/C18H13N/c1-13-11-15(9-10-16(13)12-19)18-8-4-6-14-5-2-3-7-17(14)18/h2-11H,1H3. The molecule has 90 valence electrons. The zero-order valence-electron chi connectivity index (χ0n) is 10.7. The molecule has 0 spiro atoms. The van der Waals surface area contributed by atoms with Crippen LogP contribution in [-0.4, -0.2) is 0 Å². The van der Waals surface area contributed by atoms with E-state index in [0.29, 0.717) is 0 Å². The highest BCUT2D eigenvalue weighted by molar-refractivity contribution is 5.96. The number of hydrogen-bond donors (Lipinski definition) is 0. The average molecular weight is 243 g/mol. The van der Waals surface area contributed by atoms with E-state index >= 15 is 0 Å². The normalized spacial score (nSPS) is 10.3. The maximum absolute atomic E-state index is 9.00. The predicted molar refractivity (Wildman–Crippen MR) is 78.8 cm³/mol. The van der Waals surface area contributed by atoms with Gasteiger partial charge in [0.1, 0.15) is 0 Å². The van der Waals surface area contributed by atoms with E-state index in [2.05, 4.69) is 54.6 Å². The zero-order valence-corrected chi connectivity index (χ0v) is 10.7. The van der Waals surface area contributed by atoms with Gasteiger partial charge in [0.05, 0.1) is 11.6 Å². The van der Waals surface area contributed by atoms with E-state index < -0.39 is 0 Å². The predicted octanol–water partition coefficient (Wildman–Crippen LogP) is 4.69. The first-order valence-electron chi connectivity index (χ1n) is 6.28. The van der Waals surface area contributed by atoms with Gasteiger partial charge in [0.15, 0.2) is 0 Å². The molecule has 0 N–H and O–H groups in total. The highest BCUT2D eigenvalue weighted by atomic mass is 14.2. The minimum absolute atomic E-state index is 0.740. The lowest BCUT2D eigenvalue weighted by Crippen LogP contribution is -1.86. The van der Waals surface area contributed by atoms with E-state index in [1.807, 2.05) is 19.1 Å². The van der Waals surface area contributed by atoms with Crippen molar-refractivity contribution >= 4 is 10.8 Å². The summed E-state index contributed by atoms with van der Waals surface area (Å²) in [5.41, 5.74) is 4.14. The Morgan fingerprint density at radius 2 is 1.68 bits per heavy atom. The van der Waals surface area contributed by atoms with Crippen molar-refractivity contribution in [2.24, 2.45) is 0 Å². The van der Waals surface area contributed by atoms with Crippen molar-refractivity contribution in [1.29, 1.82) is 5.26 Å². The summed E-state index contributed by atoms with van der Waals surface area (Å²) in [5, 5.41) is 11.5. The number of nitriles is 1. The third kappa shape index (κ3) is 1.98. The molecule has 0 heterocycles. The Labute approximate surface area is 112 Å². The second-order valence-corrected chi connectivity index (χ2v) is 4.67. The van der Waals surface area contributed by atoms with Crippen LogP contribution in [0.3, 0.4) is 0 Å². The third-order valence-corrected chi connectivity index (χ3v) is 3.45. The van der Waals surface area contributed by atoms with Crippen molar-refractivity contribution in [2.45, 2.75) is 6.92 Å². The van der Waals surface area contributed by atoms with Gasteiger partial charge in [-0.1, -0.05) is 54.6 Å². The lowest BCUT2D eigenvalue weighted by Gasteiger charge is -2.08. The highest BCUT2D eigenvalue weighted by Crippen LogP contribution is 2.29.